The summed E-state index contributed by atoms with van der Waals surface area (Å²) >= 11 is 6.04. The fraction of sp³-hybridized carbons (Fsp3) is 0.455. The van der Waals surface area contributed by atoms with E-state index in [9.17, 15) is 5.11 Å². The molecule has 1 atom stereocenters. The van der Waals surface area contributed by atoms with E-state index < -0.39 is 6.10 Å². The first-order valence-electron chi connectivity index (χ1n) is 4.66. The first kappa shape index (κ1) is 9.04. The normalized spacial score (nSPS) is 18.7. The molecule has 2 rings (SSSR count). The van der Waals surface area contributed by atoms with Gasteiger partial charge >= 0.3 is 0 Å². The third-order valence-corrected chi connectivity index (χ3v) is 2.85. The van der Waals surface area contributed by atoms with Gasteiger partial charge in [-0.05, 0) is 42.9 Å². The maximum atomic E-state index is 9.37. The van der Waals surface area contributed by atoms with Crippen LogP contribution in [-0.2, 0) is 0 Å². The third kappa shape index (κ3) is 1.87. The molecule has 0 spiro atoms. The first-order valence-corrected chi connectivity index (χ1v) is 5.03. The summed E-state index contributed by atoms with van der Waals surface area (Å²) in [5.41, 5.74) is 2.14. The summed E-state index contributed by atoms with van der Waals surface area (Å²) in [5.74, 6) is 0.723. The van der Waals surface area contributed by atoms with Crippen molar-refractivity contribution in [3.63, 3.8) is 0 Å². The number of aliphatic hydroxyl groups excluding tert-OH is 1. The van der Waals surface area contributed by atoms with Gasteiger partial charge in [0.25, 0.3) is 0 Å². The highest BCUT2D eigenvalue weighted by Gasteiger charge is 2.24. The molecule has 0 aliphatic heterocycles. The summed E-state index contributed by atoms with van der Waals surface area (Å²) in [6.07, 6.45) is 2.09. The highest BCUT2D eigenvalue weighted by atomic mass is 35.5. The molecular formula is C11H13ClO. The van der Waals surface area contributed by atoms with Gasteiger partial charge in [-0.15, -0.1) is 0 Å². The van der Waals surface area contributed by atoms with Gasteiger partial charge in [0.05, 0.1) is 6.10 Å². The average molecular weight is 197 g/mol. The minimum atomic E-state index is -0.472. The Kier molecular flexibility index (Phi) is 2.31. The average Bonchev–Trinajstić information content (AvgIpc) is 2.85. The second-order valence-corrected chi connectivity index (χ2v) is 4.14. The zero-order chi connectivity index (χ0) is 9.42. The lowest BCUT2D eigenvalue weighted by atomic mass is 10.1. The monoisotopic (exact) mass is 196 g/mol. The molecule has 0 heterocycles. The minimum absolute atomic E-state index is 0.472. The Morgan fingerprint density at radius 3 is 2.62 bits per heavy atom. The van der Waals surface area contributed by atoms with Crippen molar-refractivity contribution in [3.05, 3.63) is 34.3 Å². The Balaban J connectivity index is 2.31. The molecular weight excluding hydrogens is 184 g/mol. The lowest BCUT2D eigenvalue weighted by Gasteiger charge is -2.08. The Morgan fingerprint density at radius 2 is 2.15 bits per heavy atom. The molecule has 0 bridgehead atoms. The second-order valence-electron chi connectivity index (χ2n) is 3.73. The number of rotatable bonds is 2. The third-order valence-electron chi connectivity index (χ3n) is 2.52. The van der Waals surface area contributed by atoms with E-state index >= 15 is 0 Å². The van der Waals surface area contributed by atoms with Crippen LogP contribution in [-0.4, -0.2) is 5.11 Å². The SMILES string of the molecule is CC(O)c1ccc(C2CC2)cc1Cl. The predicted octanol–water partition coefficient (Wildman–Crippen LogP) is 3.27. The number of halogens is 1. The van der Waals surface area contributed by atoms with Crippen LogP contribution in [0.3, 0.4) is 0 Å². The summed E-state index contributed by atoms with van der Waals surface area (Å²) in [7, 11) is 0. The maximum Gasteiger partial charge on any atom is 0.0776 e. The summed E-state index contributed by atoms with van der Waals surface area (Å²) in [6.45, 7) is 1.73. The molecule has 13 heavy (non-hydrogen) atoms. The van der Waals surface area contributed by atoms with Crippen molar-refractivity contribution in [3.8, 4) is 0 Å². The van der Waals surface area contributed by atoms with Gasteiger partial charge in [-0.2, -0.15) is 0 Å². The van der Waals surface area contributed by atoms with Crippen molar-refractivity contribution in [2.45, 2.75) is 31.8 Å². The quantitative estimate of drug-likeness (QED) is 0.770. The second kappa shape index (κ2) is 3.32. The molecule has 2 heteroatoms. The Bertz CT molecular complexity index is 316. The van der Waals surface area contributed by atoms with Gasteiger partial charge in [-0.1, -0.05) is 23.7 Å². The molecule has 0 saturated heterocycles. The van der Waals surface area contributed by atoms with Crippen molar-refractivity contribution < 1.29 is 5.11 Å². The number of aliphatic hydroxyl groups is 1. The van der Waals surface area contributed by atoms with Crippen LogP contribution in [0.25, 0.3) is 0 Å². The van der Waals surface area contributed by atoms with E-state index in [4.69, 9.17) is 11.6 Å². The van der Waals surface area contributed by atoms with E-state index in [1.165, 1.54) is 18.4 Å². The van der Waals surface area contributed by atoms with Crippen LogP contribution in [0.1, 0.15) is 42.9 Å². The molecule has 0 radical (unpaired) electrons. The number of hydrogen-bond acceptors (Lipinski definition) is 1. The highest BCUT2D eigenvalue weighted by molar-refractivity contribution is 6.31. The van der Waals surface area contributed by atoms with Crippen LogP contribution in [0.2, 0.25) is 5.02 Å². The van der Waals surface area contributed by atoms with Crippen LogP contribution in [0.4, 0.5) is 0 Å². The van der Waals surface area contributed by atoms with Gasteiger partial charge in [0.2, 0.25) is 0 Å². The summed E-state index contributed by atoms with van der Waals surface area (Å²) < 4.78 is 0. The lowest BCUT2D eigenvalue weighted by molar-refractivity contribution is 0.199. The molecule has 0 amide bonds. The summed E-state index contributed by atoms with van der Waals surface area (Å²) in [5, 5.41) is 10.1. The number of benzene rings is 1. The molecule has 0 aromatic heterocycles. The van der Waals surface area contributed by atoms with Crippen LogP contribution in [0.15, 0.2) is 18.2 Å². The molecule has 1 nitrogen and oxygen atoms in total. The topological polar surface area (TPSA) is 20.2 Å². The van der Waals surface area contributed by atoms with Crippen molar-refractivity contribution >= 4 is 11.6 Å². The van der Waals surface area contributed by atoms with Crippen LogP contribution >= 0.6 is 11.6 Å². The fourth-order valence-corrected chi connectivity index (χ4v) is 1.90. The van der Waals surface area contributed by atoms with Gasteiger partial charge < -0.3 is 5.11 Å². The van der Waals surface area contributed by atoms with Crippen molar-refractivity contribution in [1.29, 1.82) is 0 Å². The van der Waals surface area contributed by atoms with E-state index in [0.717, 1.165) is 11.5 Å². The van der Waals surface area contributed by atoms with E-state index in [0.29, 0.717) is 5.02 Å². The van der Waals surface area contributed by atoms with Crippen LogP contribution < -0.4 is 0 Å². The molecule has 70 valence electrons. The van der Waals surface area contributed by atoms with E-state index in [1.54, 1.807) is 6.92 Å². The van der Waals surface area contributed by atoms with Crippen LogP contribution in [0, 0.1) is 0 Å². The first-order chi connectivity index (χ1) is 6.18. The Hall–Kier alpha value is -0.530. The molecule has 1 N–H and O–H groups in total. The fourth-order valence-electron chi connectivity index (χ4n) is 1.55. The molecule has 1 aromatic carbocycles. The predicted molar refractivity (Wildman–Crippen MR) is 54.1 cm³/mol. The Labute approximate surface area is 83.3 Å². The van der Waals surface area contributed by atoms with E-state index in [-0.39, 0.29) is 0 Å². The molecule has 1 saturated carbocycles. The zero-order valence-electron chi connectivity index (χ0n) is 7.63. The van der Waals surface area contributed by atoms with Crippen molar-refractivity contribution in [2.24, 2.45) is 0 Å². The van der Waals surface area contributed by atoms with E-state index in [1.807, 2.05) is 12.1 Å². The summed E-state index contributed by atoms with van der Waals surface area (Å²) in [4.78, 5) is 0. The van der Waals surface area contributed by atoms with Gasteiger partial charge in [-0.3, -0.25) is 0 Å². The van der Waals surface area contributed by atoms with Gasteiger partial charge in [0.1, 0.15) is 0 Å². The molecule has 1 fully saturated rings. The van der Waals surface area contributed by atoms with Gasteiger partial charge in [0.15, 0.2) is 0 Å². The van der Waals surface area contributed by atoms with E-state index in [2.05, 4.69) is 6.07 Å². The van der Waals surface area contributed by atoms with Crippen molar-refractivity contribution in [1.82, 2.24) is 0 Å². The largest absolute Gasteiger partial charge is 0.389 e. The zero-order valence-corrected chi connectivity index (χ0v) is 8.38. The molecule has 1 aromatic rings. The molecule has 1 aliphatic carbocycles. The lowest BCUT2D eigenvalue weighted by Crippen LogP contribution is -1.93. The van der Waals surface area contributed by atoms with Crippen LogP contribution in [0.5, 0.6) is 0 Å². The van der Waals surface area contributed by atoms with Gasteiger partial charge in [0, 0.05) is 5.02 Å². The number of hydrogen-bond donors (Lipinski definition) is 1. The smallest absolute Gasteiger partial charge is 0.0776 e. The Morgan fingerprint density at radius 1 is 1.46 bits per heavy atom. The standard InChI is InChI=1S/C11H13ClO/c1-7(13)10-5-4-9(6-11(10)12)8-2-3-8/h4-8,13H,2-3H2,1H3. The maximum absolute atomic E-state index is 9.37. The van der Waals surface area contributed by atoms with Gasteiger partial charge in [-0.25, -0.2) is 0 Å². The van der Waals surface area contributed by atoms with Crippen molar-refractivity contribution in [2.75, 3.05) is 0 Å². The summed E-state index contributed by atoms with van der Waals surface area (Å²) in [6, 6.07) is 5.99. The molecule has 1 aliphatic rings. The highest BCUT2D eigenvalue weighted by Crippen LogP contribution is 2.41. The minimum Gasteiger partial charge on any atom is -0.389 e. The molecule has 1 unspecified atom stereocenters.